The Morgan fingerprint density at radius 3 is 1.77 bits per heavy atom. The highest BCUT2D eigenvalue weighted by Crippen LogP contribution is 2.52. The first kappa shape index (κ1) is 39.1. The number of anilines is 6. The van der Waals surface area contributed by atoms with Crippen LogP contribution in [0.5, 0.6) is 0 Å². The molecular weight excluding hydrogens is 723 g/mol. The van der Waals surface area contributed by atoms with Crippen molar-refractivity contribution in [1.29, 1.82) is 0 Å². The molecule has 2 heterocycles. The molecule has 2 aliphatic heterocycles. The minimum Gasteiger partial charge on any atom is -0.311 e. The van der Waals surface area contributed by atoms with Crippen LogP contribution in [0.4, 0.5) is 34.1 Å². The number of benzene rings is 6. The van der Waals surface area contributed by atoms with Gasteiger partial charge in [-0.1, -0.05) is 130 Å². The fourth-order valence-electron chi connectivity index (χ4n) is 11.1. The molecule has 2 nitrogen and oxygen atoms in total. The molecule has 304 valence electrons. The Bertz CT molecular complexity index is 2700. The summed E-state index contributed by atoms with van der Waals surface area (Å²) in [4.78, 5) is 5.32. The Balaban J connectivity index is 1.33. The lowest BCUT2D eigenvalue weighted by molar-refractivity contribution is 0.332. The van der Waals surface area contributed by atoms with Crippen molar-refractivity contribution in [2.75, 3.05) is 9.80 Å². The van der Waals surface area contributed by atoms with E-state index < -0.39 is 0 Å². The van der Waals surface area contributed by atoms with E-state index in [0.717, 1.165) is 6.42 Å². The van der Waals surface area contributed by atoms with Gasteiger partial charge in [-0.25, -0.2) is 0 Å². The predicted octanol–water partition coefficient (Wildman–Crippen LogP) is 13.6. The van der Waals surface area contributed by atoms with Crippen molar-refractivity contribution in [3.05, 3.63) is 148 Å². The highest BCUT2D eigenvalue weighted by atomic mass is 15.2. The highest BCUT2D eigenvalue weighted by Gasteiger charge is 2.47. The van der Waals surface area contributed by atoms with Crippen LogP contribution in [0.15, 0.2) is 109 Å². The first-order valence-corrected chi connectivity index (χ1v) is 22.8. The van der Waals surface area contributed by atoms with Crippen molar-refractivity contribution < 1.29 is 0 Å². The molecule has 6 aromatic carbocycles. The molecule has 0 spiro atoms. The van der Waals surface area contributed by atoms with E-state index in [1.807, 2.05) is 0 Å². The van der Waals surface area contributed by atoms with Gasteiger partial charge in [-0.15, -0.1) is 0 Å². The van der Waals surface area contributed by atoms with Crippen LogP contribution >= 0.6 is 0 Å². The Morgan fingerprint density at radius 2 is 1.10 bits per heavy atom. The molecule has 0 unspecified atom stereocenters. The average Bonchev–Trinajstić information content (AvgIpc) is 3.21. The third kappa shape index (κ3) is 6.20. The molecule has 0 saturated heterocycles. The first-order valence-electron chi connectivity index (χ1n) is 22.8. The third-order valence-electron chi connectivity index (χ3n) is 14.8. The Morgan fingerprint density at radius 1 is 0.517 bits per heavy atom. The lowest BCUT2D eigenvalue weighted by atomic mass is 9.33. The number of fused-ring (bicyclic) bond motifs is 6. The van der Waals surface area contributed by atoms with Crippen LogP contribution in [0.25, 0.3) is 11.1 Å². The zero-order valence-electron chi connectivity index (χ0n) is 38.1. The molecule has 0 bridgehead atoms. The van der Waals surface area contributed by atoms with Gasteiger partial charge in [0, 0.05) is 34.0 Å². The molecule has 0 atom stereocenters. The minimum atomic E-state index is -0.00563. The quantitative estimate of drug-likeness (QED) is 0.165. The molecule has 6 aromatic rings. The van der Waals surface area contributed by atoms with E-state index in [1.165, 1.54) is 133 Å². The number of nitrogens with zero attached hydrogens (tertiary/aromatic N) is 2. The van der Waals surface area contributed by atoms with Crippen LogP contribution in [0, 0.1) is 6.92 Å². The van der Waals surface area contributed by atoms with E-state index in [0.29, 0.717) is 0 Å². The molecule has 0 radical (unpaired) electrons. The molecule has 10 rings (SSSR count). The highest BCUT2D eigenvalue weighted by molar-refractivity contribution is 7.00. The predicted molar refractivity (Wildman–Crippen MR) is 260 cm³/mol. The number of hydrogen-bond acceptors (Lipinski definition) is 2. The lowest BCUT2D eigenvalue weighted by Crippen LogP contribution is -2.62. The minimum absolute atomic E-state index is 0.00563. The Labute approximate surface area is 361 Å². The summed E-state index contributed by atoms with van der Waals surface area (Å²) >= 11 is 0. The van der Waals surface area contributed by atoms with Crippen LogP contribution in [0.1, 0.15) is 134 Å². The number of rotatable bonds is 3. The topological polar surface area (TPSA) is 6.48 Å². The fraction of sp³-hybridized carbons (Fsp3) is 0.368. The SMILES string of the molecule is Cc1cc2c3c(c1)N(c1ccc(C(C)(C)C)cc1-c1ccccc1)c1ccc(C(C)(C)C)cc1B3c1cc3c(cc1N2c1ccc2c(c1)CCCC2)C(C)(C)CCC3(C)C. The van der Waals surface area contributed by atoms with Crippen LogP contribution < -0.4 is 26.2 Å². The van der Waals surface area contributed by atoms with Crippen LogP contribution in [0.3, 0.4) is 0 Å². The van der Waals surface area contributed by atoms with Gasteiger partial charge < -0.3 is 9.80 Å². The monoisotopic (exact) mass is 787 g/mol. The van der Waals surface area contributed by atoms with Crippen molar-refractivity contribution >= 4 is 57.2 Å². The summed E-state index contributed by atoms with van der Waals surface area (Å²) in [6, 6.07) is 43.5. The van der Waals surface area contributed by atoms with Gasteiger partial charge in [0.1, 0.15) is 0 Å². The Hall–Kier alpha value is -5.02. The van der Waals surface area contributed by atoms with Gasteiger partial charge in [0.25, 0.3) is 6.71 Å². The van der Waals surface area contributed by atoms with Crippen molar-refractivity contribution in [3.63, 3.8) is 0 Å². The summed E-state index contributed by atoms with van der Waals surface area (Å²) in [5, 5.41) is 0. The summed E-state index contributed by atoms with van der Waals surface area (Å²) in [6.45, 7) is 26.4. The molecule has 2 aliphatic carbocycles. The van der Waals surface area contributed by atoms with Crippen molar-refractivity contribution in [2.24, 2.45) is 0 Å². The molecular formula is C57H63BN2. The molecule has 0 fully saturated rings. The number of hydrogen-bond donors (Lipinski definition) is 0. The Kier molecular flexibility index (Phi) is 8.80. The van der Waals surface area contributed by atoms with E-state index in [-0.39, 0.29) is 28.4 Å². The van der Waals surface area contributed by atoms with E-state index in [1.54, 1.807) is 0 Å². The zero-order chi connectivity index (χ0) is 42.1. The zero-order valence-corrected chi connectivity index (χ0v) is 38.1. The largest absolute Gasteiger partial charge is 0.311 e. The van der Waals surface area contributed by atoms with Gasteiger partial charge in [0.05, 0.1) is 5.69 Å². The second-order valence-corrected chi connectivity index (χ2v) is 22.1. The second-order valence-electron chi connectivity index (χ2n) is 22.1. The van der Waals surface area contributed by atoms with Crippen molar-refractivity contribution in [3.8, 4) is 11.1 Å². The maximum absolute atomic E-state index is 2.69. The maximum Gasteiger partial charge on any atom is 0.252 e. The third-order valence-corrected chi connectivity index (χ3v) is 14.8. The van der Waals surface area contributed by atoms with Crippen molar-refractivity contribution in [2.45, 2.75) is 136 Å². The van der Waals surface area contributed by atoms with E-state index in [9.17, 15) is 0 Å². The molecule has 0 aromatic heterocycles. The summed E-state index contributed by atoms with van der Waals surface area (Å²) in [5.74, 6) is 0. The summed E-state index contributed by atoms with van der Waals surface area (Å²) in [6.07, 6.45) is 7.29. The molecule has 60 heavy (non-hydrogen) atoms. The fourth-order valence-corrected chi connectivity index (χ4v) is 11.1. The van der Waals surface area contributed by atoms with E-state index in [2.05, 4.69) is 195 Å². The van der Waals surface area contributed by atoms with Crippen LogP contribution in [0.2, 0.25) is 0 Å². The van der Waals surface area contributed by atoms with Gasteiger partial charge in [0.2, 0.25) is 0 Å². The standard InChI is InChI=1S/C57H63BN2/c1-36-29-51-53-52(30-36)60(48-25-22-40(54(2,3)4)32-43(48)38-18-13-12-14-19-38)49-26-23-41(55(5,6)7)33-46(49)58(53)47-34-44-45(57(10,11)28-27-56(44,8)9)35-50(47)59(51)42-24-21-37-17-15-16-20-39(37)31-42/h12-14,18-19,21-26,29-35H,15-17,20,27-28H2,1-11H3. The van der Waals surface area contributed by atoms with Gasteiger partial charge in [-0.2, -0.15) is 0 Å². The first-order chi connectivity index (χ1) is 28.4. The van der Waals surface area contributed by atoms with Crippen molar-refractivity contribution in [1.82, 2.24) is 0 Å². The second kappa shape index (κ2) is 13.5. The van der Waals surface area contributed by atoms with Gasteiger partial charge in [-0.05, 0) is 177 Å². The van der Waals surface area contributed by atoms with E-state index in [4.69, 9.17) is 0 Å². The van der Waals surface area contributed by atoms with E-state index >= 15 is 0 Å². The van der Waals surface area contributed by atoms with Gasteiger partial charge >= 0.3 is 0 Å². The molecule has 0 saturated carbocycles. The maximum atomic E-state index is 2.69. The molecule has 0 amide bonds. The smallest absolute Gasteiger partial charge is 0.252 e. The molecule has 0 N–H and O–H groups in total. The van der Waals surface area contributed by atoms with Crippen LogP contribution in [-0.2, 0) is 34.5 Å². The molecule has 3 heteroatoms. The normalized spacial score (nSPS) is 17.4. The van der Waals surface area contributed by atoms with Gasteiger partial charge in [0.15, 0.2) is 0 Å². The number of aryl methyl sites for hydroxylation is 3. The average molecular weight is 787 g/mol. The van der Waals surface area contributed by atoms with Gasteiger partial charge in [-0.3, -0.25) is 0 Å². The summed E-state index contributed by atoms with van der Waals surface area (Å²) in [5.41, 5.74) is 24.8. The lowest BCUT2D eigenvalue weighted by Gasteiger charge is -2.48. The molecule has 4 aliphatic rings. The summed E-state index contributed by atoms with van der Waals surface area (Å²) < 4.78 is 0. The van der Waals surface area contributed by atoms with Crippen LogP contribution in [-0.4, -0.2) is 6.71 Å². The summed E-state index contributed by atoms with van der Waals surface area (Å²) in [7, 11) is 0.